The number of pyridine rings is 1. The Labute approximate surface area is 150 Å². The second-order valence-corrected chi connectivity index (χ2v) is 5.49. The van der Waals surface area contributed by atoms with Gasteiger partial charge in [0.15, 0.2) is 0 Å². The van der Waals surface area contributed by atoms with Gasteiger partial charge >= 0.3 is 0 Å². The van der Waals surface area contributed by atoms with Gasteiger partial charge in [-0.25, -0.2) is 0 Å². The maximum absolute atomic E-state index is 8.73. The molecule has 112 valence electrons. The monoisotopic (exact) mass is 320 g/mol. The zero-order chi connectivity index (χ0) is 23.7. The van der Waals surface area contributed by atoms with Gasteiger partial charge in [0.25, 0.3) is 0 Å². The average Bonchev–Trinajstić information content (AvgIpc) is 2.79. The summed E-state index contributed by atoms with van der Waals surface area (Å²) in [5.74, 6) is 0. The van der Waals surface area contributed by atoms with E-state index in [1.807, 2.05) is 0 Å². The van der Waals surface area contributed by atoms with Crippen molar-refractivity contribution in [3.05, 3.63) is 69.4 Å². The van der Waals surface area contributed by atoms with Crippen molar-refractivity contribution in [2.75, 3.05) is 13.1 Å². The summed E-state index contributed by atoms with van der Waals surface area (Å²) < 4.78 is 84.6. The van der Waals surface area contributed by atoms with Crippen molar-refractivity contribution in [1.82, 2.24) is 10.3 Å². The van der Waals surface area contributed by atoms with E-state index in [0.29, 0.717) is 31.5 Å². The first-order valence-electron chi connectivity index (χ1n) is 12.1. The van der Waals surface area contributed by atoms with Crippen molar-refractivity contribution in [2.45, 2.75) is 25.6 Å². The van der Waals surface area contributed by atoms with E-state index >= 15 is 0 Å². The van der Waals surface area contributed by atoms with E-state index in [1.165, 1.54) is 0 Å². The topological polar surface area (TPSA) is 24.9 Å². The van der Waals surface area contributed by atoms with E-state index in [9.17, 15) is 0 Å². The first-order valence-corrected chi connectivity index (χ1v) is 7.43. The molecule has 2 heterocycles. The number of aromatic nitrogens is 1. The molecule has 1 fully saturated rings. The molecule has 1 aliphatic heterocycles. The van der Waals surface area contributed by atoms with E-state index in [-0.39, 0.29) is 16.8 Å². The maximum atomic E-state index is 8.73. The van der Waals surface area contributed by atoms with Crippen LogP contribution in [0.4, 0.5) is 0 Å². The van der Waals surface area contributed by atoms with Gasteiger partial charge in [-0.1, -0.05) is 29.3 Å². The van der Waals surface area contributed by atoms with E-state index in [2.05, 4.69) is 10.3 Å². The molecule has 22 heavy (non-hydrogen) atoms. The molecule has 2 nitrogen and oxygen atoms in total. The summed E-state index contributed by atoms with van der Waals surface area (Å²) in [7, 11) is 0. The van der Waals surface area contributed by atoms with Gasteiger partial charge < -0.3 is 5.32 Å². The van der Waals surface area contributed by atoms with Crippen molar-refractivity contribution < 1.29 is 13.7 Å². The molecule has 0 radical (unpaired) electrons. The van der Waals surface area contributed by atoms with Gasteiger partial charge in [0.05, 0.1) is 13.9 Å². The maximum Gasteiger partial charge on any atom is 0.0840 e. The smallest absolute Gasteiger partial charge is 0.0840 e. The minimum absolute atomic E-state index is 0.155. The summed E-state index contributed by atoms with van der Waals surface area (Å²) in [6.07, 6.45) is -5.54. The predicted molar refractivity (Wildman–Crippen MR) is 91.2 cm³/mol. The summed E-state index contributed by atoms with van der Waals surface area (Å²) in [5, 5.41) is 2.72. The third kappa shape index (κ3) is 2.47. The van der Waals surface area contributed by atoms with Gasteiger partial charge in [0.1, 0.15) is 0 Å². The van der Waals surface area contributed by atoms with Crippen LogP contribution in [0, 0.1) is 0 Å². The highest BCUT2D eigenvalue weighted by atomic mass is 35.5. The molecule has 1 aliphatic carbocycles. The lowest BCUT2D eigenvalue weighted by molar-refractivity contribution is 0.611. The Kier molecular flexibility index (Phi) is 1.83. The quantitative estimate of drug-likeness (QED) is 0.793. The van der Waals surface area contributed by atoms with Gasteiger partial charge in [-0.05, 0) is 73.5 Å². The van der Waals surface area contributed by atoms with Crippen LogP contribution in [0.25, 0.3) is 5.57 Å². The molecule has 2 aliphatic rings. The largest absolute Gasteiger partial charge is 0.316 e. The van der Waals surface area contributed by atoms with Crippen LogP contribution in [-0.2, 0) is 12.7 Å². The summed E-state index contributed by atoms with van der Waals surface area (Å²) in [5.41, 5.74) is -0.467. The predicted octanol–water partition coefficient (Wildman–Crippen LogP) is 4.02. The van der Waals surface area contributed by atoms with Gasteiger partial charge in [0.2, 0.25) is 0 Å². The molecular weight excluding hydrogens is 292 g/mol. The third-order valence-electron chi connectivity index (χ3n) is 3.79. The minimum atomic E-state index is -2.94. The summed E-state index contributed by atoms with van der Waals surface area (Å²) in [6.45, 7) is 1.12. The fraction of sp³-hybridized carbons (Fsp3) is 0.316. The highest BCUT2D eigenvalue weighted by Crippen LogP contribution is 2.37. The molecule has 1 N–H and O–H groups in total. The third-order valence-corrected chi connectivity index (χ3v) is 3.98. The second-order valence-electron chi connectivity index (χ2n) is 5.11. The van der Waals surface area contributed by atoms with Crippen molar-refractivity contribution in [3.63, 3.8) is 0 Å². The normalized spacial score (nSPS) is 28.8. The van der Waals surface area contributed by atoms with Gasteiger partial charge in [-0.15, -0.1) is 0 Å². The molecule has 3 heteroatoms. The van der Waals surface area contributed by atoms with Crippen molar-refractivity contribution in [3.8, 4) is 0 Å². The lowest BCUT2D eigenvalue weighted by Crippen LogP contribution is -2.24. The summed E-state index contributed by atoms with van der Waals surface area (Å²) >= 11 is 6.10. The SMILES string of the molecule is [2H]c1nc2c(c([2H])c1[2H])C([2H])([2H])C([2H])([2H])c1c([2H])c(Cl)c([2H])c([2H])c1C2=C1CCNCC1. The van der Waals surface area contributed by atoms with E-state index in [1.54, 1.807) is 0 Å². The average molecular weight is 321 g/mol. The van der Waals surface area contributed by atoms with Crippen LogP contribution >= 0.6 is 11.6 Å². The van der Waals surface area contributed by atoms with Crippen LogP contribution in [0.1, 0.15) is 48.9 Å². The molecule has 0 bridgehead atoms. The standard InChI is InChI=1S/C19H19ClN2/c20-16-5-6-17-15(12-16)4-3-14-2-1-9-22-19(14)18(17)13-7-10-21-11-8-13/h1-2,5-6,9,12,21H,3-4,7-8,10-11H2/i1D,2D,3D2,4D2,5D,6D,9D,12D. The molecular formula is C19H19ClN2. The lowest BCUT2D eigenvalue weighted by Gasteiger charge is -2.21. The Morgan fingerprint density at radius 1 is 1.14 bits per heavy atom. The zero-order valence-electron chi connectivity index (χ0n) is 21.7. The number of benzene rings is 1. The Bertz CT molecular complexity index is 1180. The highest BCUT2D eigenvalue weighted by molar-refractivity contribution is 6.30. The molecule has 0 amide bonds. The molecule has 0 spiro atoms. The number of nitrogens with one attached hydrogen (secondary N) is 1. The van der Waals surface area contributed by atoms with Crippen LogP contribution in [0.15, 0.2) is 42.0 Å². The van der Waals surface area contributed by atoms with Crippen LogP contribution in [0.2, 0.25) is 5.02 Å². The Morgan fingerprint density at radius 2 is 1.95 bits per heavy atom. The number of piperidine rings is 1. The fourth-order valence-corrected chi connectivity index (χ4v) is 2.93. The van der Waals surface area contributed by atoms with Crippen molar-refractivity contribution in [1.29, 1.82) is 0 Å². The number of nitrogens with zero attached hydrogens (tertiary/aromatic N) is 1. The minimum Gasteiger partial charge on any atom is -0.316 e. The van der Waals surface area contributed by atoms with Crippen molar-refractivity contribution >= 4 is 17.2 Å². The Hall–Kier alpha value is -1.64. The lowest BCUT2D eigenvalue weighted by atomic mass is 9.89. The highest BCUT2D eigenvalue weighted by Gasteiger charge is 2.23. The van der Waals surface area contributed by atoms with Crippen molar-refractivity contribution in [2.24, 2.45) is 0 Å². The van der Waals surface area contributed by atoms with E-state index in [0.717, 1.165) is 0 Å². The molecule has 0 unspecified atom stereocenters. The van der Waals surface area contributed by atoms with Gasteiger partial charge in [-0.3, -0.25) is 4.98 Å². The first-order chi connectivity index (χ1) is 14.8. The van der Waals surface area contributed by atoms with Crippen LogP contribution in [-0.4, -0.2) is 18.1 Å². The number of fused-ring (bicyclic) bond motifs is 2. The Balaban J connectivity index is 2.33. The van der Waals surface area contributed by atoms with E-state index < -0.39 is 65.3 Å². The molecule has 4 rings (SSSR count). The molecule has 2 aromatic rings. The van der Waals surface area contributed by atoms with Gasteiger partial charge in [0, 0.05) is 22.3 Å². The number of rotatable bonds is 0. The molecule has 0 atom stereocenters. The molecule has 0 saturated carbocycles. The molecule has 1 saturated heterocycles. The number of halogens is 1. The van der Waals surface area contributed by atoms with E-state index in [4.69, 9.17) is 25.3 Å². The van der Waals surface area contributed by atoms with Crippen LogP contribution in [0.3, 0.4) is 0 Å². The fourth-order valence-electron chi connectivity index (χ4n) is 2.79. The first kappa shape index (κ1) is 6.86. The second kappa shape index (κ2) is 5.86. The van der Waals surface area contributed by atoms with Crippen LogP contribution in [0.5, 0.6) is 0 Å². The summed E-state index contributed by atoms with van der Waals surface area (Å²) in [4.78, 5) is 4.11. The van der Waals surface area contributed by atoms with Crippen LogP contribution < -0.4 is 5.32 Å². The number of hydrogen-bond acceptors (Lipinski definition) is 2. The number of hydrogen-bond donors (Lipinski definition) is 1. The molecule has 1 aromatic carbocycles. The van der Waals surface area contributed by atoms with Gasteiger partial charge in [-0.2, -0.15) is 0 Å². The zero-order valence-corrected chi connectivity index (χ0v) is 12.4. The molecule has 1 aromatic heterocycles. The Morgan fingerprint density at radius 3 is 2.82 bits per heavy atom. The summed E-state index contributed by atoms with van der Waals surface area (Å²) in [6, 6.07) is -2.86.